The normalized spacial score (nSPS) is 14.5. The van der Waals surface area contributed by atoms with Crippen LogP contribution in [0.5, 0.6) is 0 Å². The molecular formula is C29H63O3P. The van der Waals surface area contributed by atoms with E-state index in [-0.39, 0.29) is 17.7 Å². The van der Waals surface area contributed by atoms with Crippen molar-refractivity contribution < 1.29 is 14.7 Å². The predicted octanol–water partition coefficient (Wildman–Crippen LogP) is 9.91. The zero-order chi connectivity index (χ0) is 24.9. The van der Waals surface area contributed by atoms with Crippen molar-refractivity contribution in [3.8, 4) is 0 Å². The van der Waals surface area contributed by atoms with E-state index in [1.165, 1.54) is 103 Å². The molecule has 1 atom stereocenters. The second kappa shape index (κ2) is 20.5. The van der Waals surface area contributed by atoms with Gasteiger partial charge in [-0.1, -0.05) is 13.8 Å². The van der Waals surface area contributed by atoms with Crippen LogP contribution in [0.2, 0.25) is 0 Å². The van der Waals surface area contributed by atoms with Crippen molar-refractivity contribution in [2.45, 2.75) is 175 Å². The third-order valence-corrected chi connectivity index (χ3v) is 10.9. The Labute approximate surface area is 208 Å². The SMILES string of the molecule is CCCCCCCCCCCCCP(O)(O)(O)C(CCCCCCCCCCCC)C(C)C. The summed E-state index contributed by atoms with van der Waals surface area (Å²) in [6, 6.07) is 0. The Kier molecular flexibility index (Phi) is 20.7. The molecule has 0 heterocycles. The molecule has 3 nitrogen and oxygen atoms in total. The molecule has 4 heteroatoms. The van der Waals surface area contributed by atoms with E-state index in [1.54, 1.807) is 0 Å². The fraction of sp³-hybridized carbons (Fsp3) is 1.00. The van der Waals surface area contributed by atoms with Crippen LogP contribution in [0.3, 0.4) is 0 Å². The molecule has 0 bridgehead atoms. The fourth-order valence-corrected chi connectivity index (χ4v) is 8.39. The molecule has 0 aliphatic carbocycles. The molecule has 33 heavy (non-hydrogen) atoms. The molecule has 202 valence electrons. The molecule has 0 aliphatic heterocycles. The van der Waals surface area contributed by atoms with E-state index in [4.69, 9.17) is 0 Å². The van der Waals surface area contributed by atoms with Crippen LogP contribution in [-0.4, -0.2) is 26.5 Å². The minimum atomic E-state index is -4.57. The van der Waals surface area contributed by atoms with Crippen LogP contribution in [0.4, 0.5) is 0 Å². The summed E-state index contributed by atoms with van der Waals surface area (Å²) in [5.74, 6) is 0.106. The van der Waals surface area contributed by atoms with Gasteiger partial charge in [0.15, 0.2) is 0 Å². The molecular weight excluding hydrogens is 427 g/mol. The zero-order valence-corrected chi connectivity index (χ0v) is 24.1. The summed E-state index contributed by atoms with van der Waals surface area (Å²) < 4.78 is 0. The van der Waals surface area contributed by atoms with E-state index >= 15 is 0 Å². The Morgan fingerprint density at radius 2 is 0.758 bits per heavy atom. The first-order valence-corrected chi connectivity index (χ1v) is 17.3. The molecule has 0 radical (unpaired) electrons. The summed E-state index contributed by atoms with van der Waals surface area (Å²) in [4.78, 5) is 32.8. The Balaban J connectivity index is 3.99. The van der Waals surface area contributed by atoms with Crippen molar-refractivity contribution >= 4 is 7.28 Å². The van der Waals surface area contributed by atoms with Gasteiger partial charge in [0.2, 0.25) is 0 Å². The molecule has 0 fully saturated rings. The van der Waals surface area contributed by atoms with Gasteiger partial charge in [0.1, 0.15) is 0 Å². The topological polar surface area (TPSA) is 60.7 Å². The fourth-order valence-electron chi connectivity index (χ4n) is 5.29. The van der Waals surface area contributed by atoms with Crippen LogP contribution in [0.15, 0.2) is 0 Å². The van der Waals surface area contributed by atoms with Gasteiger partial charge in [-0.2, -0.15) is 0 Å². The van der Waals surface area contributed by atoms with Gasteiger partial charge in [-0.05, 0) is 0 Å². The van der Waals surface area contributed by atoms with Crippen molar-refractivity contribution in [2.24, 2.45) is 5.92 Å². The maximum atomic E-state index is 10.9. The molecule has 3 N–H and O–H groups in total. The Morgan fingerprint density at radius 1 is 0.455 bits per heavy atom. The van der Waals surface area contributed by atoms with E-state index in [1.807, 2.05) is 13.8 Å². The Hall–Kier alpha value is 0.310. The number of unbranched alkanes of at least 4 members (excludes halogenated alkanes) is 19. The summed E-state index contributed by atoms with van der Waals surface area (Å²) in [6.07, 6.45) is 27.2. The average Bonchev–Trinajstić information content (AvgIpc) is 2.75. The molecule has 0 spiro atoms. The number of rotatable bonds is 25. The van der Waals surface area contributed by atoms with E-state index in [0.29, 0.717) is 0 Å². The molecule has 1 unspecified atom stereocenters. The van der Waals surface area contributed by atoms with Gasteiger partial charge in [-0.3, -0.25) is 0 Å². The van der Waals surface area contributed by atoms with Gasteiger partial charge in [0.25, 0.3) is 0 Å². The molecule has 0 saturated heterocycles. The standard InChI is InChI=1S/C29H63O3P/c1-5-7-9-11-13-15-17-19-21-23-25-27-33(30,31,32)29(28(3)4)26-24-22-20-18-16-14-12-10-8-6-2/h28-32H,5-27H2,1-4H3. The van der Waals surface area contributed by atoms with Gasteiger partial charge in [0.05, 0.1) is 0 Å². The van der Waals surface area contributed by atoms with E-state index in [0.717, 1.165) is 38.5 Å². The van der Waals surface area contributed by atoms with E-state index < -0.39 is 7.28 Å². The summed E-state index contributed by atoms with van der Waals surface area (Å²) in [5, 5.41) is 0. The van der Waals surface area contributed by atoms with Crippen molar-refractivity contribution in [1.29, 1.82) is 0 Å². The molecule has 0 aliphatic rings. The quantitative estimate of drug-likeness (QED) is 0.0881. The molecule has 0 saturated carbocycles. The van der Waals surface area contributed by atoms with E-state index in [9.17, 15) is 14.7 Å². The average molecular weight is 491 g/mol. The minimum absolute atomic E-state index is 0.106. The molecule has 0 amide bonds. The number of hydrogen-bond acceptors (Lipinski definition) is 3. The van der Waals surface area contributed by atoms with Crippen LogP contribution in [-0.2, 0) is 0 Å². The van der Waals surface area contributed by atoms with Gasteiger partial charge in [-0.15, -0.1) is 0 Å². The summed E-state index contributed by atoms with van der Waals surface area (Å²) >= 11 is 0. The van der Waals surface area contributed by atoms with Crippen LogP contribution in [0.25, 0.3) is 0 Å². The van der Waals surface area contributed by atoms with Crippen LogP contribution < -0.4 is 0 Å². The first kappa shape index (κ1) is 33.3. The van der Waals surface area contributed by atoms with Crippen LogP contribution in [0, 0.1) is 5.92 Å². The monoisotopic (exact) mass is 490 g/mol. The molecule has 0 aromatic heterocycles. The Morgan fingerprint density at radius 3 is 1.09 bits per heavy atom. The second-order valence-corrected chi connectivity index (χ2v) is 14.8. The maximum absolute atomic E-state index is 10.9. The third-order valence-electron chi connectivity index (χ3n) is 7.49. The molecule has 0 aromatic carbocycles. The van der Waals surface area contributed by atoms with Gasteiger partial charge < -0.3 is 0 Å². The van der Waals surface area contributed by atoms with Crippen molar-refractivity contribution in [2.75, 3.05) is 6.16 Å². The van der Waals surface area contributed by atoms with Crippen molar-refractivity contribution in [3.05, 3.63) is 0 Å². The van der Waals surface area contributed by atoms with Gasteiger partial charge in [-0.25, -0.2) is 0 Å². The first-order valence-electron chi connectivity index (χ1n) is 15.0. The molecule has 0 rings (SSSR count). The zero-order valence-electron chi connectivity index (χ0n) is 23.2. The third kappa shape index (κ3) is 19.2. The Bertz CT molecular complexity index is 417. The second-order valence-electron chi connectivity index (χ2n) is 11.3. The van der Waals surface area contributed by atoms with Crippen LogP contribution >= 0.6 is 7.28 Å². The number of hydrogen-bond donors (Lipinski definition) is 3. The predicted molar refractivity (Wildman–Crippen MR) is 150 cm³/mol. The van der Waals surface area contributed by atoms with Crippen molar-refractivity contribution in [1.82, 2.24) is 0 Å². The van der Waals surface area contributed by atoms with E-state index in [2.05, 4.69) is 13.8 Å². The summed E-state index contributed by atoms with van der Waals surface area (Å²) in [6.45, 7) is 8.58. The van der Waals surface area contributed by atoms with Gasteiger partial charge >= 0.3 is 195 Å². The van der Waals surface area contributed by atoms with Crippen molar-refractivity contribution in [3.63, 3.8) is 0 Å². The summed E-state index contributed by atoms with van der Waals surface area (Å²) in [7, 11) is -4.57. The first-order chi connectivity index (χ1) is 15.7. The van der Waals surface area contributed by atoms with Gasteiger partial charge in [0, 0.05) is 0 Å². The summed E-state index contributed by atoms with van der Waals surface area (Å²) in [5.41, 5.74) is -0.354. The molecule has 0 aromatic rings. The van der Waals surface area contributed by atoms with Crippen LogP contribution in [0.1, 0.15) is 169 Å².